The lowest BCUT2D eigenvalue weighted by atomic mass is 10.0. The number of rotatable bonds is 6. The third-order valence-corrected chi connectivity index (χ3v) is 3.47. The number of oxime groups is 1. The minimum Gasteiger partial charge on any atom is -0.490 e. The third kappa shape index (κ3) is 3.61. The second-order valence-corrected chi connectivity index (χ2v) is 4.95. The number of hydrogen-bond donors (Lipinski definition) is 1. The Bertz CT molecular complexity index is 800. The molecule has 23 heavy (non-hydrogen) atoms. The first-order valence-corrected chi connectivity index (χ1v) is 7.38. The van der Waals surface area contributed by atoms with Crippen molar-refractivity contribution in [2.24, 2.45) is 5.16 Å². The predicted molar refractivity (Wildman–Crippen MR) is 90.8 cm³/mol. The molecular formula is C19H17NO3. The van der Waals surface area contributed by atoms with Crippen molar-refractivity contribution >= 4 is 17.0 Å². The molecule has 0 amide bonds. The number of nitrogens with zero attached hydrogens (tertiary/aromatic N) is 1. The second kappa shape index (κ2) is 7.31. The standard InChI is InChI=1S/C19H17NO3/c21-20-14-18-17-9-5-4-6-15(17)10-11-19(18)23-13-12-22-16-7-2-1-3-8-16/h1-11,14,21H,12-13H2. The first kappa shape index (κ1) is 14.9. The zero-order valence-corrected chi connectivity index (χ0v) is 12.6. The molecule has 0 atom stereocenters. The van der Waals surface area contributed by atoms with E-state index in [-0.39, 0.29) is 0 Å². The lowest BCUT2D eigenvalue weighted by Crippen LogP contribution is -2.10. The molecular weight excluding hydrogens is 290 g/mol. The van der Waals surface area contributed by atoms with E-state index in [1.807, 2.05) is 66.7 Å². The van der Waals surface area contributed by atoms with E-state index in [0.717, 1.165) is 22.1 Å². The SMILES string of the molecule is ON=Cc1c(OCCOc2ccccc2)ccc2ccccc12. The number of fused-ring (bicyclic) bond motifs is 1. The minimum absolute atomic E-state index is 0.402. The number of para-hydroxylation sites is 1. The largest absolute Gasteiger partial charge is 0.490 e. The molecule has 3 aromatic rings. The predicted octanol–water partition coefficient (Wildman–Crippen LogP) is 4.11. The van der Waals surface area contributed by atoms with Gasteiger partial charge in [-0.3, -0.25) is 0 Å². The van der Waals surface area contributed by atoms with Crippen LogP contribution in [-0.2, 0) is 0 Å². The summed E-state index contributed by atoms with van der Waals surface area (Å²) in [6, 6.07) is 21.4. The van der Waals surface area contributed by atoms with E-state index < -0.39 is 0 Å². The molecule has 0 bridgehead atoms. The van der Waals surface area contributed by atoms with Gasteiger partial charge in [0.25, 0.3) is 0 Å². The summed E-state index contributed by atoms with van der Waals surface area (Å²) < 4.78 is 11.4. The molecule has 0 saturated carbocycles. The maximum absolute atomic E-state index is 8.91. The molecule has 0 spiro atoms. The molecule has 116 valence electrons. The van der Waals surface area contributed by atoms with Crippen LogP contribution in [-0.4, -0.2) is 24.6 Å². The summed E-state index contributed by atoms with van der Waals surface area (Å²) in [7, 11) is 0. The van der Waals surface area contributed by atoms with Gasteiger partial charge >= 0.3 is 0 Å². The summed E-state index contributed by atoms with van der Waals surface area (Å²) in [5.41, 5.74) is 0.755. The highest BCUT2D eigenvalue weighted by atomic mass is 16.5. The Morgan fingerprint density at radius 3 is 2.39 bits per heavy atom. The van der Waals surface area contributed by atoms with E-state index in [9.17, 15) is 0 Å². The Morgan fingerprint density at radius 1 is 0.826 bits per heavy atom. The summed E-state index contributed by atoms with van der Waals surface area (Å²) in [6.07, 6.45) is 1.40. The third-order valence-electron chi connectivity index (χ3n) is 3.47. The second-order valence-electron chi connectivity index (χ2n) is 4.95. The van der Waals surface area contributed by atoms with Crippen molar-refractivity contribution in [2.45, 2.75) is 0 Å². The maximum atomic E-state index is 8.91. The molecule has 0 aliphatic carbocycles. The molecule has 0 fully saturated rings. The Balaban J connectivity index is 1.71. The molecule has 0 aliphatic rings. The van der Waals surface area contributed by atoms with Crippen molar-refractivity contribution in [1.82, 2.24) is 0 Å². The van der Waals surface area contributed by atoms with Gasteiger partial charge in [-0.2, -0.15) is 0 Å². The fourth-order valence-electron chi connectivity index (χ4n) is 2.42. The summed E-state index contributed by atoms with van der Waals surface area (Å²) in [6.45, 7) is 0.839. The quantitative estimate of drug-likeness (QED) is 0.323. The van der Waals surface area contributed by atoms with Crippen LogP contribution in [0.3, 0.4) is 0 Å². The van der Waals surface area contributed by atoms with E-state index in [2.05, 4.69) is 5.16 Å². The van der Waals surface area contributed by atoms with E-state index in [4.69, 9.17) is 14.7 Å². The molecule has 0 saturated heterocycles. The Labute approximate surface area is 134 Å². The van der Waals surface area contributed by atoms with Crippen LogP contribution < -0.4 is 9.47 Å². The van der Waals surface area contributed by atoms with Crippen LogP contribution in [0.2, 0.25) is 0 Å². The van der Waals surface area contributed by atoms with Gasteiger partial charge in [0.2, 0.25) is 0 Å². The zero-order chi connectivity index (χ0) is 15.9. The summed E-state index contributed by atoms with van der Waals surface area (Å²) in [4.78, 5) is 0. The van der Waals surface area contributed by atoms with Crippen LogP contribution in [0.25, 0.3) is 10.8 Å². The fourth-order valence-corrected chi connectivity index (χ4v) is 2.42. The molecule has 0 unspecified atom stereocenters. The molecule has 3 aromatic carbocycles. The van der Waals surface area contributed by atoms with E-state index in [1.54, 1.807) is 0 Å². The van der Waals surface area contributed by atoms with E-state index >= 15 is 0 Å². The van der Waals surface area contributed by atoms with Gasteiger partial charge in [-0.1, -0.05) is 53.7 Å². The van der Waals surface area contributed by atoms with Crippen LogP contribution in [0, 0.1) is 0 Å². The number of hydrogen-bond acceptors (Lipinski definition) is 4. The Morgan fingerprint density at radius 2 is 1.57 bits per heavy atom. The van der Waals surface area contributed by atoms with E-state index in [0.29, 0.717) is 19.0 Å². The monoisotopic (exact) mass is 307 g/mol. The van der Waals surface area contributed by atoms with Crippen molar-refractivity contribution in [3.63, 3.8) is 0 Å². The lowest BCUT2D eigenvalue weighted by molar-refractivity contribution is 0.217. The molecule has 3 rings (SSSR count). The van der Waals surface area contributed by atoms with Crippen molar-refractivity contribution in [2.75, 3.05) is 13.2 Å². The zero-order valence-electron chi connectivity index (χ0n) is 12.6. The van der Waals surface area contributed by atoms with Gasteiger partial charge in [0.05, 0.1) is 6.21 Å². The van der Waals surface area contributed by atoms with Gasteiger partial charge < -0.3 is 14.7 Å². The molecule has 4 heteroatoms. The van der Waals surface area contributed by atoms with Gasteiger partial charge in [0.1, 0.15) is 24.7 Å². The van der Waals surface area contributed by atoms with Gasteiger partial charge in [0.15, 0.2) is 0 Å². The van der Waals surface area contributed by atoms with Gasteiger partial charge in [-0.25, -0.2) is 0 Å². The first-order valence-electron chi connectivity index (χ1n) is 7.38. The number of ether oxygens (including phenoxy) is 2. The van der Waals surface area contributed by atoms with E-state index in [1.165, 1.54) is 6.21 Å². The van der Waals surface area contributed by atoms with Gasteiger partial charge in [-0.05, 0) is 29.0 Å². The van der Waals surface area contributed by atoms with Crippen molar-refractivity contribution in [1.29, 1.82) is 0 Å². The topological polar surface area (TPSA) is 51.1 Å². The van der Waals surface area contributed by atoms with Gasteiger partial charge in [0, 0.05) is 5.56 Å². The minimum atomic E-state index is 0.402. The molecule has 0 radical (unpaired) electrons. The molecule has 0 aromatic heterocycles. The van der Waals surface area contributed by atoms with Crippen LogP contribution in [0.1, 0.15) is 5.56 Å². The number of benzene rings is 3. The first-order chi connectivity index (χ1) is 11.4. The highest BCUT2D eigenvalue weighted by Crippen LogP contribution is 2.26. The fraction of sp³-hybridized carbons (Fsp3) is 0.105. The lowest BCUT2D eigenvalue weighted by Gasteiger charge is -2.12. The average molecular weight is 307 g/mol. The average Bonchev–Trinajstić information content (AvgIpc) is 2.61. The normalized spacial score (nSPS) is 11.0. The highest BCUT2D eigenvalue weighted by molar-refractivity contribution is 6.02. The van der Waals surface area contributed by atoms with Crippen LogP contribution >= 0.6 is 0 Å². The van der Waals surface area contributed by atoms with Crippen molar-refractivity contribution in [3.05, 3.63) is 72.3 Å². The molecule has 0 heterocycles. The molecule has 1 N–H and O–H groups in total. The molecule has 0 aliphatic heterocycles. The summed E-state index contributed by atoms with van der Waals surface area (Å²) in [5, 5.41) is 14.1. The summed E-state index contributed by atoms with van der Waals surface area (Å²) in [5.74, 6) is 1.48. The highest BCUT2D eigenvalue weighted by Gasteiger charge is 2.07. The van der Waals surface area contributed by atoms with Gasteiger partial charge in [-0.15, -0.1) is 0 Å². The van der Waals surface area contributed by atoms with Crippen LogP contribution in [0.4, 0.5) is 0 Å². The Hall–Kier alpha value is -3.01. The van der Waals surface area contributed by atoms with Crippen LogP contribution in [0.5, 0.6) is 11.5 Å². The maximum Gasteiger partial charge on any atom is 0.129 e. The van der Waals surface area contributed by atoms with Crippen molar-refractivity contribution < 1.29 is 14.7 Å². The Kier molecular flexibility index (Phi) is 4.74. The summed E-state index contributed by atoms with van der Waals surface area (Å²) >= 11 is 0. The smallest absolute Gasteiger partial charge is 0.129 e. The molecule has 4 nitrogen and oxygen atoms in total. The van der Waals surface area contributed by atoms with Crippen molar-refractivity contribution in [3.8, 4) is 11.5 Å². The van der Waals surface area contributed by atoms with Crippen LogP contribution in [0.15, 0.2) is 71.9 Å².